The molecule has 20 heavy (non-hydrogen) atoms. The van der Waals surface area contributed by atoms with Gasteiger partial charge in [0.15, 0.2) is 0 Å². The molecule has 2 aliphatic rings. The van der Waals surface area contributed by atoms with Gasteiger partial charge in [0.1, 0.15) is 0 Å². The minimum Gasteiger partial charge on any atom is -0.481 e. The number of likely N-dealkylation sites (tertiary alicyclic amines) is 1. The molecule has 0 aromatic carbocycles. The lowest BCUT2D eigenvalue weighted by atomic mass is 9.94. The summed E-state index contributed by atoms with van der Waals surface area (Å²) in [5.74, 6) is -0.359. The normalized spacial score (nSPS) is 29.8. The molecule has 2 unspecified atom stereocenters. The summed E-state index contributed by atoms with van der Waals surface area (Å²) in [6.07, 6.45) is 2.74. The summed E-state index contributed by atoms with van der Waals surface area (Å²) < 4.78 is 5.88. The van der Waals surface area contributed by atoms with E-state index in [1.807, 2.05) is 0 Å². The molecule has 116 valence electrons. The molecule has 0 bridgehead atoms. The Morgan fingerprint density at radius 3 is 2.85 bits per heavy atom. The summed E-state index contributed by atoms with van der Waals surface area (Å²) in [6.45, 7) is 10.2. The first-order valence-corrected chi connectivity index (χ1v) is 7.84. The molecule has 2 saturated heterocycles. The van der Waals surface area contributed by atoms with E-state index in [2.05, 4.69) is 23.6 Å². The zero-order valence-electron chi connectivity index (χ0n) is 12.8. The minimum absolute atomic E-state index is 0.273. The monoisotopic (exact) mass is 284 g/mol. The van der Waals surface area contributed by atoms with Crippen LogP contribution in [0.4, 0.5) is 0 Å². The number of piperidine rings is 1. The van der Waals surface area contributed by atoms with Crippen LogP contribution in [0.15, 0.2) is 0 Å². The SMILES string of the molecule is CC(C)N1CCOC(CN2CCCC(CC(=O)O)C2)C1. The van der Waals surface area contributed by atoms with E-state index >= 15 is 0 Å². The Morgan fingerprint density at radius 2 is 2.15 bits per heavy atom. The van der Waals surface area contributed by atoms with Crippen LogP contribution in [0.1, 0.15) is 33.1 Å². The van der Waals surface area contributed by atoms with Gasteiger partial charge in [-0.3, -0.25) is 9.69 Å². The third-order valence-electron chi connectivity index (χ3n) is 4.43. The van der Waals surface area contributed by atoms with Crippen LogP contribution in [0.3, 0.4) is 0 Å². The molecule has 2 rings (SSSR count). The van der Waals surface area contributed by atoms with E-state index in [4.69, 9.17) is 9.84 Å². The molecule has 0 saturated carbocycles. The Morgan fingerprint density at radius 1 is 1.35 bits per heavy atom. The van der Waals surface area contributed by atoms with E-state index in [0.29, 0.717) is 18.4 Å². The van der Waals surface area contributed by atoms with E-state index in [0.717, 1.165) is 52.2 Å². The van der Waals surface area contributed by atoms with Gasteiger partial charge in [-0.25, -0.2) is 0 Å². The molecule has 5 nitrogen and oxygen atoms in total. The molecule has 0 aromatic rings. The number of aliphatic carboxylic acids is 1. The molecule has 0 spiro atoms. The molecule has 0 aliphatic carbocycles. The van der Waals surface area contributed by atoms with Crippen molar-refractivity contribution in [1.82, 2.24) is 9.80 Å². The number of carboxylic acids is 1. The van der Waals surface area contributed by atoms with Gasteiger partial charge in [-0.2, -0.15) is 0 Å². The quantitative estimate of drug-likeness (QED) is 0.824. The van der Waals surface area contributed by atoms with Crippen LogP contribution >= 0.6 is 0 Å². The molecule has 0 radical (unpaired) electrons. The minimum atomic E-state index is -0.670. The Labute approximate surface area is 121 Å². The lowest BCUT2D eigenvalue weighted by Gasteiger charge is -2.39. The number of ether oxygens (including phenoxy) is 1. The van der Waals surface area contributed by atoms with Gasteiger partial charge >= 0.3 is 5.97 Å². The fraction of sp³-hybridized carbons (Fsp3) is 0.933. The van der Waals surface area contributed by atoms with Crippen molar-refractivity contribution in [3.63, 3.8) is 0 Å². The van der Waals surface area contributed by atoms with Crippen molar-refractivity contribution in [3.05, 3.63) is 0 Å². The van der Waals surface area contributed by atoms with Gasteiger partial charge in [0.25, 0.3) is 0 Å². The van der Waals surface area contributed by atoms with Gasteiger partial charge in [-0.1, -0.05) is 0 Å². The van der Waals surface area contributed by atoms with Crippen molar-refractivity contribution >= 4 is 5.97 Å². The fourth-order valence-electron chi connectivity index (χ4n) is 3.34. The number of rotatable bonds is 5. The van der Waals surface area contributed by atoms with Gasteiger partial charge in [-0.05, 0) is 39.2 Å². The first-order chi connectivity index (χ1) is 9.54. The molecule has 0 amide bonds. The second kappa shape index (κ2) is 7.38. The lowest BCUT2D eigenvalue weighted by Crippen LogP contribution is -2.51. The molecular formula is C15H28N2O3. The molecule has 2 heterocycles. The highest BCUT2D eigenvalue weighted by Gasteiger charge is 2.27. The molecule has 2 aliphatic heterocycles. The third-order valence-corrected chi connectivity index (χ3v) is 4.43. The summed E-state index contributed by atoms with van der Waals surface area (Å²) >= 11 is 0. The zero-order valence-corrected chi connectivity index (χ0v) is 12.8. The maximum atomic E-state index is 10.8. The first kappa shape index (κ1) is 15.7. The van der Waals surface area contributed by atoms with Crippen LogP contribution < -0.4 is 0 Å². The number of hydrogen-bond donors (Lipinski definition) is 1. The van der Waals surface area contributed by atoms with Crippen LogP contribution in [-0.2, 0) is 9.53 Å². The third kappa shape index (κ3) is 4.72. The van der Waals surface area contributed by atoms with Crippen molar-refractivity contribution < 1.29 is 14.6 Å². The second-order valence-corrected chi connectivity index (χ2v) is 6.45. The van der Waals surface area contributed by atoms with E-state index in [1.54, 1.807) is 0 Å². The molecule has 2 fully saturated rings. The van der Waals surface area contributed by atoms with Gasteiger partial charge in [0, 0.05) is 38.6 Å². The summed E-state index contributed by atoms with van der Waals surface area (Å²) in [4.78, 5) is 15.7. The topological polar surface area (TPSA) is 53.0 Å². The van der Waals surface area contributed by atoms with E-state index < -0.39 is 5.97 Å². The number of morpholine rings is 1. The van der Waals surface area contributed by atoms with Gasteiger partial charge < -0.3 is 14.7 Å². The van der Waals surface area contributed by atoms with Gasteiger partial charge in [0.05, 0.1) is 12.7 Å². The molecule has 2 atom stereocenters. The highest BCUT2D eigenvalue weighted by atomic mass is 16.5. The largest absolute Gasteiger partial charge is 0.481 e. The van der Waals surface area contributed by atoms with Crippen molar-refractivity contribution in [2.75, 3.05) is 39.3 Å². The summed E-state index contributed by atoms with van der Waals surface area (Å²) in [6, 6.07) is 0.572. The van der Waals surface area contributed by atoms with E-state index in [1.165, 1.54) is 0 Å². The number of hydrogen-bond acceptors (Lipinski definition) is 4. The molecule has 0 aromatic heterocycles. The van der Waals surface area contributed by atoms with Crippen molar-refractivity contribution in [1.29, 1.82) is 0 Å². The number of carboxylic acid groups (broad SMARTS) is 1. The maximum absolute atomic E-state index is 10.8. The summed E-state index contributed by atoms with van der Waals surface area (Å²) in [5, 5.41) is 8.92. The fourth-order valence-corrected chi connectivity index (χ4v) is 3.34. The predicted molar refractivity (Wildman–Crippen MR) is 77.9 cm³/mol. The van der Waals surface area contributed by atoms with Crippen LogP contribution in [0.25, 0.3) is 0 Å². The molecule has 1 N–H and O–H groups in total. The predicted octanol–water partition coefficient (Wildman–Crippen LogP) is 1.28. The van der Waals surface area contributed by atoms with Crippen molar-refractivity contribution in [2.24, 2.45) is 5.92 Å². The summed E-state index contributed by atoms with van der Waals surface area (Å²) in [5.41, 5.74) is 0. The Kier molecular flexibility index (Phi) is 5.81. The highest BCUT2D eigenvalue weighted by molar-refractivity contribution is 5.67. The Balaban J connectivity index is 1.78. The van der Waals surface area contributed by atoms with Crippen LogP contribution in [0.5, 0.6) is 0 Å². The highest BCUT2D eigenvalue weighted by Crippen LogP contribution is 2.20. The number of carbonyl (C=O) groups is 1. The zero-order chi connectivity index (χ0) is 14.5. The van der Waals surface area contributed by atoms with E-state index in [-0.39, 0.29) is 6.10 Å². The van der Waals surface area contributed by atoms with Crippen LogP contribution in [0.2, 0.25) is 0 Å². The van der Waals surface area contributed by atoms with Gasteiger partial charge in [0.2, 0.25) is 0 Å². The van der Waals surface area contributed by atoms with Crippen LogP contribution in [0, 0.1) is 5.92 Å². The van der Waals surface area contributed by atoms with Crippen molar-refractivity contribution in [3.8, 4) is 0 Å². The molecular weight excluding hydrogens is 256 g/mol. The Bertz CT molecular complexity index is 322. The first-order valence-electron chi connectivity index (χ1n) is 7.84. The smallest absolute Gasteiger partial charge is 0.303 e. The average Bonchev–Trinajstić information content (AvgIpc) is 2.38. The van der Waals surface area contributed by atoms with E-state index in [9.17, 15) is 4.79 Å². The molecule has 5 heteroatoms. The summed E-state index contributed by atoms with van der Waals surface area (Å²) in [7, 11) is 0. The average molecular weight is 284 g/mol. The van der Waals surface area contributed by atoms with Gasteiger partial charge in [-0.15, -0.1) is 0 Å². The second-order valence-electron chi connectivity index (χ2n) is 6.45. The maximum Gasteiger partial charge on any atom is 0.303 e. The standard InChI is InChI=1S/C15H28N2O3/c1-12(2)17-6-7-20-14(11-17)10-16-5-3-4-13(9-16)8-15(18)19/h12-14H,3-11H2,1-2H3,(H,18,19). The Hall–Kier alpha value is -0.650. The lowest BCUT2D eigenvalue weighted by molar-refractivity contribution is -0.138. The van der Waals surface area contributed by atoms with Crippen molar-refractivity contribution in [2.45, 2.75) is 45.3 Å². The number of nitrogens with zero attached hydrogens (tertiary/aromatic N) is 2. The van der Waals surface area contributed by atoms with Crippen LogP contribution in [-0.4, -0.2) is 72.4 Å².